The van der Waals surface area contributed by atoms with Gasteiger partial charge in [-0.25, -0.2) is 0 Å². The van der Waals surface area contributed by atoms with Crippen LogP contribution in [0.15, 0.2) is 60.7 Å². The second-order valence-corrected chi connectivity index (χ2v) is 5.81. The zero-order valence-electron chi connectivity index (χ0n) is 14.6. The molecule has 2 aromatic rings. The van der Waals surface area contributed by atoms with E-state index in [2.05, 4.69) is 48.6 Å². The molecular weight excluding hydrogens is 300 g/mol. The van der Waals surface area contributed by atoms with Crippen LogP contribution in [0.2, 0.25) is 0 Å². The Balaban J connectivity index is 0.000000219. The quantitative estimate of drug-likeness (QED) is 0.886. The van der Waals surface area contributed by atoms with Gasteiger partial charge in [0.15, 0.2) is 0 Å². The van der Waals surface area contributed by atoms with Crippen molar-refractivity contribution >= 4 is 0 Å². The highest BCUT2D eigenvalue weighted by atomic mass is 16.7. The van der Waals surface area contributed by atoms with E-state index < -0.39 is 6.23 Å². The van der Waals surface area contributed by atoms with Crippen molar-refractivity contribution in [3.05, 3.63) is 71.8 Å². The topological polar surface area (TPSA) is 44.7 Å². The van der Waals surface area contributed by atoms with Crippen molar-refractivity contribution in [2.45, 2.75) is 38.6 Å². The molecule has 3 rings (SSSR count). The van der Waals surface area contributed by atoms with Crippen LogP contribution in [-0.4, -0.2) is 36.2 Å². The van der Waals surface area contributed by atoms with Crippen LogP contribution in [-0.2, 0) is 17.7 Å². The van der Waals surface area contributed by atoms with E-state index in [1.54, 1.807) is 12.2 Å². The van der Waals surface area contributed by atoms with Gasteiger partial charge < -0.3 is 5.11 Å². The van der Waals surface area contributed by atoms with Gasteiger partial charge in [0.2, 0.25) is 0 Å². The molecule has 2 N–H and O–H groups in total. The minimum Gasteiger partial charge on any atom is -0.375 e. The van der Waals surface area contributed by atoms with Crippen molar-refractivity contribution in [2.75, 3.05) is 13.7 Å². The summed E-state index contributed by atoms with van der Waals surface area (Å²) < 4.78 is 0. The highest BCUT2D eigenvalue weighted by molar-refractivity contribution is 5.15. The van der Waals surface area contributed by atoms with Crippen LogP contribution in [0.3, 0.4) is 0 Å². The Labute approximate surface area is 145 Å². The Morgan fingerprint density at radius 1 is 1.04 bits per heavy atom. The average Bonchev–Trinajstić information content (AvgIpc) is 3.01. The molecule has 2 unspecified atom stereocenters. The first-order valence-electron chi connectivity index (χ1n) is 8.56. The van der Waals surface area contributed by atoms with Gasteiger partial charge in [-0.3, -0.25) is 10.2 Å². The van der Waals surface area contributed by atoms with Crippen molar-refractivity contribution in [1.82, 2.24) is 10.4 Å². The van der Waals surface area contributed by atoms with Gasteiger partial charge in [-0.15, -0.1) is 5.06 Å². The fraction of sp³-hybridized carbons (Fsp3) is 0.400. The first-order valence-corrected chi connectivity index (χ1v) is 8.56. The highest BCUT2D eigenvalue weighted by Gasteiger charge is 2.31. The van der Waals surface area contributed by atoms with E-state index in [0.717, 1.165) is 19.3 Å². The van der Waals surface area contributed by atoms with E-state index in [0.29, 0.717) is 6.54 Å². The Morgan fingerprint density at radius 2 is 1.62 bits per heavy atom. The second-order valence-electron chi connectivity index (χ2n) is 5.81. The van der Waals surface area contributed by atoms with Gasteiger partial charge in [0.05, 0.1) is 13.3 Å². The number of rotatable bonds is 5. The lowest BCUT2D eigenvalue weighted by Gasteiger charge is -2.23. The summed E-state index contributed by atoms with van der Waals surface area (Å²) in [7, 11) is 1.59. The summed E-state index contributed by atoms with van der Waals surface area (Å²) in [6, 6.07) is 20.8. The molecule has 0 amide bonds. The van der Waals surface area contributed by atoms with Crippen molar-refractivity contribution in [2.24, 2.45) is 0 Å². The third kappa shape index (κ3) is 5.73. The summed E-state index contributed by atoms with van der Waals surface area (Å²) in [6.45, 7) is 2.72. The number of β-amino-alcohol motifs (C(OH)–C–C–N with tert-alkyl or cyclic N) is 1. The van der Waals surface area contributed by atoms with Crippen LogP contribution in [0, 0.1) is 0 Å². The number of nitrogens with zero attached hydrogens (tertiary/aromatic N) is 1. The van der Waals surface area contributed by atoms with E-state index in [4.69, 9.17) is 4.84 Å². The number of aliphatic hydroxyl groups is 1. The lowest BCUT2D eigenvalue weighted by molar-refractivity contribution is -0.218. The fourth-order valence-corrected chi connectivity index (χ4v) is 2.77. The van der Waals surface area contributed by atoms with Crippen LogP contribution in [0.1, 0.15) is 24.5 Å². The van der Waals surface area contributed by atoms with E-state index in [1.165, 1.54) is 11.1 Å². The molecule has 4 heteroatoms. The van der Waals surface area contributed by atoms with Crippen LogP contribution in [0.5, 0.6) is 0 Å². The van der Waals surface area contributed by atoms with Crippen molar-refractivity contribution in [1.29, 1.82) is 0 Å². The van der Waals surface area contributed by atoms with E-state index in [9.17, 15) is 5.11 Å². The fourth-order valence-electron chi connectivity index (χ4n) is 2.77. The van der Waals surface area contributed by atoms with Crippen molar-refractivity contribution < 1.29 is 9.94 Å². The van der Waals surface area contributed by atoms with Crippen LogP contribution in [0.25, 0.3) is 0 Å². The first kappa shape index (κ1) is 18.6. The number of hydrogen-bond acceptors (Lipinski definition) is 4. The summed E-state index contributed by atoms with van der Waals surface area (Å²) in [5.74, 6) is 0. The van der Waals surface area contributed by atoms with Crippen molar-refractivity contribution in [3.63, 3.8) is 0 Å². The monoisotopic (exact) mass is 328 g/mol. The molecule has 0 aromatic heterocycles. The predicted molar refractivity (Wildman–Crippen MR) is 97.2 cm³/mol. The first-order chi connectivity index (χ1) is 11.7. The third-order valence-corrected chi connectivity index (χ3v) is 4.15. The highest BCUT2D eigenvalue weighted by Crippen LogP contribution is 2.14. The zero-order valence-corrected chi connectivity index (χ0v) is 14.6. The Kier molecular flexibility index (Phi) is 7.92. The summed E-state index contributed by atoms with van der Waals surface area (Å²) in [4.78, 5) is 5.15. The number of hydrogen-bond donors (Lipinski definition) is 2. The molecule has 1 fully saturated rings. The van der Waals surface area contributed by atoms with Gasteiger partial charge in [-0.05, 0) is 30.4 Å². The van der Waals surface area contributed by atoms with E-state index >= 15 is 0 Å². The molecule has 0 saturated carbocycles. The van der Waals surface area contributed by atoms with Crippen molar-refractivity contribution in [3.8, 4) is 0 Å². The standard InChI is InChI=1S/C12H18N2O2.C8H10/c1-16-14-11(13-9-12(14)15)8-7-10-5-3-2-4-6-10;1-2-8-6-4-3-5-7-8/h2-6,11-13,15H,7-9H2,1H3;3-7H,2H2,1H3. The molecule has 0 bridgehead atoms. The van der Waals surface area contributed by atoms with Crippen LogP contribution < -0.4 is 5.32 Å². The van der Waals surface area contributed by atoms with Crippen LogP contribution >= 0.6 is 0 Å². The van der Waals surface area contributed by atoms with Gasteiger partial charge in [-0.1, -0.05) is 67.6 Å². The number of hydroxylamine groups is 2. The average molecular weight is 328 g/mol. The van der Waals surface area contributed by atoms with Gasteiger partial charge in [0.25, 0.3) is 0 Å². The predicted octanol–water partition coefficient (Wildman–Crippen LogP) is 2.98. The number of benzene rings is 2. The largest absolute Gasteiger partial charge is 0.375 e. The molecule has 0 aliphatic carbocycles. The lowest BCUT2D eigenvalue weighted by Crippen LogP contribution is -2.38. The molecule has 2 atom stereocenters. The molecule has 1 heterocycles. The summed E-state index contributed by atoms with van der Waals surface area (Å²) in [5.41, 5.74) is 2.72. The summed E-state index contributed by atoms with van der Waals surface area (Å²) >= 11 is 0. The minimum absolute atomic E-state index is 0.0974. The molecule has 1 saturated heterocycles. The maximum Gasteiger partial charge on any atom is 0.144 e. The van der Waals surface area contributed by atoms with Gasteiger partial charge in [-0.2, -0.15) is 0 Å². The molecule has 24 heavy (non-hydrogen) atoms. The zero-order chi connectivity index (χ0) is 17.2. The number of aryl methyl sites for hydroxylation is 2. The van der Waals surface area contributed by atoms with E-state index in [-0.39, 0.29) is 6.17 Å². The number of nitrogens with one attached hydrogen (secondary N) is 1. The summed E-state index contributed by atoms with van der Waals surface area (Å²) in [5, 5.41) is 14.4. The Bertz CT molecular complexity index is 562. The van der Waals surface area contributed by atoms with Crippen LogP contribution in [0.4, 0.5) is 0 Å². The molecule has 1 aliphatic heterocycles. The Hall–Kier alpha value is -1.72. The second kappa shape index (κ2) is 10.2. The maximum atomic E-state index is 9.59. The minimum atomic E-state index is -0.536. The molecule has 130 valence electrons. The number of aliphatic hydroxyl groups excluding tert-OH is 1. The molecule has 2 aromatic carbocycles. The molecule has 4 nitrogen and oxygen atoms in total. The molecule has 1 aliphatic rings. The molecule has 0 radical (unpaired) electrons. The maximum absolute atomic E-state index is 9.59. The SMILES string of the molecule is CCc1ccccc1.CON1C(O)CNC1CCc1ccccc1. The molecule has 0 spiro atoms. The summed E-state index contributed by atoms with van der Waals surface area (Å²) in [6.07, 6.45) is 2.60. The Morgan fingerprint density at radius 3 is 2.12 bits per heavy atom. The normalized spacial score (nSPS) is 20.5. The van der Waals surface area contributed by atoms with E-state index in [1.807, 2.05) is 24.3 Å². The molecular formula is C20H28N2O2. The lowest BCUT2D eigenvalue weighted by atomic mass is 10.1. The smallest absolute Gasteiger partial charge is 0.144 e. The van der Waals surface area contributed by atoms with Gasteiger partial charge >= 0.3 is 0 Å². The van der Waals surface area contributed by atoms with Gasteiger partial charge in [0.1, 0.15) is 6.23 Å². The third-order valence-electron chi connectivity index (χ3n) is 4.15. The van der Waals surface area contributed by atoms with Gasteiger partial charge in [0, 0.05) is 6.54 Å².